The van der Waals surface area contributed by atoms with Crippen molar-refractivity contribution in [1.82, 2.24) is 24.6 Å². The molecule has 0 aliphatic carbocycles. The van der Waals surface area contributed by atoms with Gasteiger partial charge in [-0.25, -0.2) is 0 Å². The fourth-order valence-electron chi connectivity index (χ4n) is 3.29. The summed E-state index contributed by atoms with van der Waals surface area (Å²) >= 11 is 1.80. The molecule has 1 aliphatic heterocycles. The molecule has 2 aromatic heterocycles. The average Bonchev–Trinajstić information content (AvgIpc) is 3.05. The molecule has 1 unspecified atom stereocenters. The highest BCUT2D eigenvalue weighted by molar-refractivity contribution is 7.99. The van der Waals surface area contributed by atoms with Crippen LogP contribution in [0.3, 0.4) is 0 Å². The number of nitrogens with zero attached hydrogens (tertiary/aromatic N) is 5. The first kappa shape index (κ1) is 18.4. The van der Waals surface area contributed by atoms with Crippen LogP contribution in [0, 0.1) is 0 Å². The van der Waals surface area contributed by atoms with Crippen molar-refractivity contribution in [3.63, 3.8) is 0 Å². The Morgan fingerprint density at radius 2 is 2.08 bits per heavy atom. The van der Waals surface area contributed by atoms with E-state index in [9.17, 15) is 0 Å². The Bertz CT molecular complexity index is 648. The number of methoxy groups -OCH3 is 1. The van der Waals surface area contributed by atoms with E-state index in [0.717, 1.165) is 28.8 Å². The normalized spacial score (nSPS) is 18.6. The van der Waals surface area contributed by atoms with Gasteiger partial charge in [0.2, 0.25) is 0 Å². The van der Waals surface area contributed by atoms with Gasteiger partial charge in [0.1, 0.15) is 0 Å². The first-order chi connectivity index (χ1) is 12.3. The Hall–Kier alpha value is -1.44. The van der Waals surface area contributed by atoms with E-state index in [2.05, 4.69) is 31.7 Å². The highest BCUT2D eigenvalue weighted by Gasteiger charge is 2.19. The lowest BCUT2D eigenvalue weighted by molar-refractivity contribution is 0.182. The second kappa shape index (κ2) is 9.31. The maximum absolute atomic E-state index is 5.27. The van der Waals surface area contributed by atoms with Gasteiger partial charge in [-0.05, 0) is 45.0 Å². The molecule has 1 aliphatic rings. The van der Waals surface area contributed by atoms with Gasteiger partial charge in [0.15, 0.2) is 11.0 Å². The number of likely N-dealkylation sites (tertiary alicyclic amines) is 1. The minimum Gasteiger partial charge on any atom is -0.383 e. The zero-order valence-corrected chi connectivity index (χ0v) is 15.9. The Morgan fingerprint density at radius 3 is 2.84 bits per heavy atom. The van der Waals surface area contributed by atoms with Crippen LogP contribution in [-0.2, 0) is 11.3 Å². The van der Waals surface area contributed by atoms with Crippen LogP contribution < -0.4 is 0 Å². The number of hydrogen-bond donors (Lipinski definition) is 0. The average molecular weight is 362 g/mol. The van der Waals surface area contributed by atoms with Gasteiger partial charge in [0.25, 0.3) is 0 Å². The molecular formula is C18H27N5OS. The van der Waals surface area contributed by atoms with Crippen molar-refractivity contribution in [1.29, 1.82) is 0 Å². The summed E-state index contributed by atoms with van der Waals surface area (Å²) in [5.74, 6) is 1.95. The van der Waals surface area contributed by atoms with Crippen LogP contribution in [0.25, 0.3) is 11.4 Å². The first-order valence-electron chi connectivity index (χ1n) is 8.95. The van der Waals surface area contributed by atoms with E-state index < -0.39 is 0 Å². The van der Waals surface area contributed by atoms with Crippen LogP contribution in [0.1, 0.15) is 25.7 Å². The molecule has 6 nitrogen and oxygen atoms in total. The van der Waals surface area contributed by atoms with E-state index in [4.69, 9.17) is 4.74 Å². The maximum atomic E-state index is 5.27. The van der Waals surface area contributed by atoms with Crippen molar-refractivity contribution in [2.45, 2.75) is 43.4 Å². The zero-order chi connectivity index (χ0) is 17.5. The van der Waals surface area contributed by atoms with E-state index in [1.807, 2.05) is 12.1 Å². The van der Waals surface area contributed by atoms with E-state index in [0.29, 0.717) is 12.6 Å². The molecule has 0 radical (unpaired) electrons. The van der Waals surface area contributed by atoms with E-state index in [-0.39, 0.29) is 0 Å². The molecule has 7 heteroatoms. The summed E-state index contributed by atoms with van der Waals surface area (Å²) in [6.45, 7) is 2.63. The summed E-state index contributed by atoms with van der Waals surface area (Å²) in [5, 5.41) is 9.83. The van der Waals surface area contributed by atoms with Gasteiger partial charge < -0.3 is 9.64 Å². The molecule has 0 saturated carbocycles. The molecule has 136 valence electrons. The van der Waals surface area contributed by atoms with Gasteiger partial charge in [0, 0.05) is 36.9 Å². The van der Waals surface area contributed by atoms with Gasteiger partial charge >= 0.3 is 0 Å². The quantitative estimate of drug-likeness (QED) is 0.674. The third kappa shape index (κ3) is 4.80. The van der Waals surface area contributed by atoms with Crippen LogP contribution in [-0.4, -0.2) is 63.8 Å². The molecule has 0 aromatic carbocycles. The Balaban J connectivity index is 1.67. The highest BCUT2D eigenvalue weighted by atomic mass is 32.2. The predicted octanol–water partition coefficient (Wildman–Crippen LogP) is 2.95. The number of thioether (sulfide) groups is 1. The van der Waals surface area contributed by atoms with Crippen molar-refractivity contribution in [3.05, 3.63) is 24.5 Å². The van der Waals surface area contributed by atoms with E-state index in [1.165, 1.54) is 32.2 Å². The van der Waals surface area contributed by atoms with Gasteiger partial charge in [-0.3, -0.25) is 9.55 Å². The van der Waals surface area contributed by atoms with Crippen molar-refractivity contribution < 1.29 is 4.74 Å². The molecule has 1 saturated heterocycles. The summed E-state index contributed by atoms with van der Waals surface area (Å²) in [4.78, 5) is 6.59. The van der Waals surface area contributed by atoms with E-state index >= 15 is 0 Å². The lowest BCUT2D eigenvalue weighted by Gasteiger charge is -2.32. The zero-order valence-electron chi connectivity index (χ0n) is 15.1. The summed E-state index contributed by atoms with van der Waals surface area (Å²) in [6.07, 6.45) is 8.78. The molecule has 0 bridgehead atoms. The smallest absolute Gasteiger partial charge is 0.191 e. The molecule has 1 atom stereocenters. The maximum Gasteiger partial charge on any atom is 0.191 e. The van der Waals surface area contributed by atoms with Crippen molar-refractivity contribution in [2.24, 2.45) is 0 Å². The Morgan fingerprint density at radius 1 is 1.24 bits per heavy atom. The van der Waals surface area contributed by atoms with Crippen LogP contribution in [0.4, 0.5) is 0 Å². The Kier molecular flexibility index (Phi) is 6.84. The first-order valence-corrected chi connectivity index (χ1v) is 9.93. The van der Waals surface area contributed by atoms with Gasteiger partial charge in [0.05, 0.1) is 13.2 Å². The minimum absolute atomic E-state index is 0.648. The van der Waals surface area contributed by atoms with Crippen molar-refractivity contribution >= 4 is 11.8 Å². The summed E-state index contributed by atoms with van der Waals surface area (Å²) in [7, 11) is 3.97. The lowest BCUT2D eigenvalue weighted by atomic mass is 10.0. The number of hydrogen-bond acceptors (Lipinski definition) is 6. The third-order valence-electron chi connectivity index (χ3n) is 4.78. The number of piperidine rings is 1. The van der Waals surface area contributed by atoms with Crippen LogP contribution >= 0.6 is 11.8 Å². The molecule has 0 spiro atoms. The van der Waals surface area contributed by atoms with Crippen molar-refractivity contribution in [3.8, 4) is 11.4 Å². The number of rotatable bonds is 8. The fourth-order valence-corrected chi connectivity index (χ4v) is 4.29. The lowest BCUT2D eigenvalue weighted by Crippen LogP contribution is -2.36. The SMILES string of the molecule is COCCn1c(SCCC2CCCCN2C)nnc1-c1ccncc1. The third-order valence-corrected chi connectivity index (χ3v) is 5.78. The summed E-state index contributed by atoms with van der Waals surface area (Å²) in [5.41, 5.74) is 1.04. The molecule has 2 aromatic rings. The number of ether oxygens (including phenoxy) is 1. The van der Waals surface area contributed by atoms with Crippen molar-refractivity contribution in [2.75, 3.05) is 33.1 Å². The molecular weight excluding hydrogens is 334 g/mol. The van der Waals surface area contributed by atoms with Crippen LogP contribution in [0.5, 0.6) is 0 Å². The highest BCUT2D eigenvalue weighted by Crippen LogP contribution is 2.26. The minimum atomic E-state index is 0.648. The van der Waals surface area contributed by atoms with Gasteiger partial charge in [-0.15, -0.1) is 10.2 Å². The largest absolute Gasteiger partial charge is 0.383 e. The monoisotopic (exact) mass is 361 g/mol. The fraction of sp³-hybridized carbons (Fsp3) is 0.611. The molecule has 0 N–H and O–H groups in total. The van der Waals surface area contributed by atoms with Gasteiger partial charge in [-0.1, -0.05) is 18.2 Å². The summed E-state index contributed by atoms with van der Waals surface area (Å²) in [6, 6.07) is 4.65. The topological polar surface area (TPSA) is 56.1 Å². The second-order valence-corrected chi connectivity index (χ2v) is 7.52. The number of aromatic nitrogens is 4. The van der Waals surface area contributed by atoms with Gasteiger partial charge in [-0.2, -0.15) is 0 Å². The molecule has 3 rings (SSSR count). The number of pyridine rings is 1. The second-order valence-electron chi connectivity index (χ2n) is 6.45. The summed E-state index contributed by atoms with van der Waals surface area (Å²) < 4.78 is 7.43. The molecule has 0 amide bonds. The van der Waals surface area contributed by atoms with Crippen LogP contribution in [0.15, 0.2) is 29.7 Å². The standard InChI is InChI=1S/C18H27N5OS/c1-22-11-4-3-5-16(22)8-14-25-18-21-20-17(23(18)12-13-24-2)15-6-9-19-10-7-15/h6-7,9-10,16H,3-5,8,11-14H2,1-2H3. The molecule has 3 heterocycles. The van der Waals surface area contributed by atoms with Crippen LogP contribution in [0.2, 0.25) is 0 Å². The molecule has 25 heavy (non-hydrogen) atoms. The molecule has 1 fully saturated rings. The Labute approximate surface area is 154 Å². The van der Waals surface area contributed by atoms with E-state index in [1.54, 1.807) is 31.3 Å². The predicted molar refractivity (Wildman–Crippen MR) is 101 cm³/mol.